The molecule has 3 heteroatoms. The maximum atomic E-state index is 5.86. The monoisotopic (exact) mass is 247 g/mol. The molecule has 100 valence electrons. The molecule has 2 rings (SSSR count). The molecule has 3 nitrogen and oxygen atoms in total. The van der Waals surface area contributed by atoms with E-state index in [4.69, 9.17) is 10.7 Å². The molecule has 0 saturated heterocycles. The van der Waals surface area contributed by atoms with Crippen molar-refractivity contribution in [1.29, 1.82) is 0 Å². The van der Waals surface area contributed by atoms with E-state index in [-0.39, 0.29) is 0 Å². The number of hydrogen-bond donors (Lipinski definition) is 1. The van der Waals surface area contributed by atoms with E-state index < -0.39 is 0 Å². The van der Waals surface area contributed by atoms with Crippen molar-refractivity contribution in [2.24, 2.45) is 5.73 Å². The van der Waals surface area contributed by atoms with E-state index in [0.717, 1.165) is 18.1 Å². The summed E-state index contributed by atoms with van der Waals surface area (Å²) in [5.74, 6) is 1.12. The molecule has 1 aromatic heterocycles. The normalized spacial score (nSPS) is 16.8. The van der Waals surface area contributed by atoms with Crippen molar-refractivity contribution in [3.05, 3.63) is 23.4 Å². The van der Waals surface area contributed by atoms with Crippen molar-refractivity contribution in [1.82, 2.24) is 4.98 Å². The third kappa shape index (κ3) is 2.83. The topological polar surface area (TPSA) is 42.2 Å². The van der Waals surface area contributed by atoms with Gasteiger partial charge >= 0.3 is 0 Å². The third-order valence-electron chi connectivity index (χ3n) is 3.94. The minimum absolute atomic E-state index is 0.575. The van der Waals surface area contributed by atoms with Crippen molar-refractivity contribution >= 4 is 5.82 Å². The lowest BCUT2D eigenvalue weighted by Crippen LogP contribution is -2.38. The number of aromatic nitrogens is 1. The Morgan fingerprint density at radius 1 is 1.28 bits per heavy atom. The number of nitrogens with zero attached hydrogens (tertiary/aromatic N) is 2. The lowest BCUT2D eigenvalue weighted by Gasteiger charge is -2.35. The molecule has 18 heavy (non-hydrogen) atoms. The SMILES string of the molecule is CCN(c1nc(C)ccc1CN)C1CCCCC1. The summed E-state index contributed by atoms with van der Waals surface area (Å²) in [4.78, 5) is 7.20. The van der Waals surface area contributed by atoms with Gasteiger partial charge in [0.2, 0.25) is 0 Å². The van der Waals surface area contributed by atoms with Crippen LogP contribution in [-0.4, -0.2) is 17.6 Å². The van der Waals surface area contributed by atoms with Gasteiger partial charge in [-0.1, -0.05) is 25.3 Å². The van der Waals surface area contributed by atoms with Crippen LogP contribution >= 0.6 is 0 Å². The standard InChI is InChI=1S/C15H25N3/c1-3-18(14-7-5-4-6-8-14)15-13(11-16)10-9-12(2)17-15/h9-10,14H,3-8,11,16H2,1-2H3. The molecule has 0 amide bonds. The number of hydrogen-bond acceptors (Lipinski definition) is 3. The average Bonchev–Trinajstić information content (AvgIpc) is 2.41. The van der Waals surface area contributed by atoms with Crippen LogP contribution in [0.5, 0.6) is 0 Å². The highest BCUT2D eigenvalue weighted by Gasteiger charge is 2.22. The Morgan fingerprint density at radius 2 is 2.00 bits per heavy atom. The quantitative estimate of drug-likeness (QED) is 0.889. The molecule has 0 aliphatic heterocycles. The molecule has 1 heterocycles. The Labute approximate surface area is 110 Å². The zero-order chi connectivity index (χ0) is 13.0. The Bertz CT molecular complexity index is 383. The van der Waals surface area contributed by atoms with Crippen LogP contribution in [0, 0.1) is 6.92 Å². The van der Waals surface area contributed by atoms with Gasteiger partial charge < -0.3 is 10.6 Å². The predicted molar refractivity (Wildman–Crippen MR) is 76.8 cm³/mol. The number of nitrogens with two attached hydrogens (primary N) is 1. The summed E-state index contributed by atoms with van der Waals surface area (Å²) in [5.41, 5.74) is 8.11. The van der Waals surface area contributed by atoms with Crippen LogP contribution in [0.4, 0.5) is 5.82 Å². The molecular weight excluding hydrogens is 222 g/mol. The molecule has 2 N–H and O–H groups in total. The lowest BCUT2D eigenvalue weighted by molar-refractivity contribution is 0.415. The van der Waals surface area contributed by atoms with Crippen molar-refractivity contribution in [3.8, 4) is 0 Å². The number of anilines is 1. The van der Waals surface area contributed by atoms with Gasteiger partial charge in [-0.15, -0.1) is 0 Å². The Morgan fingerprint density at radius 3 is 2.61 bits per heavy atom. The first-order valence-electron chi connectivity index (χ1n) is 7.19. The van der Waals surface area contributed by atoms with Gasteiger partial charge in [-0.3, -0.25) is 0 Å². The fraction of sp³-hybridized carbons (Fsp3) is 0.667. The Balaban J connectivity index is 2.27. The van der Waals surface area contributed by atoms with Gasteiger partial charge in [0, 0.05) is 30.4 Å². The Kier molecular flexibility index (Phi) is 4.59. The first-order valence-corrected chi connectivity index (χ1v) is 7.19. The van der Waals surface area contributed by atoms with Crippen molar-refractivity contribution in [3.63, 3.8) is 0 Å². The summed E-state index contributed by atoms with van der Waals surface area (Å²) >= 11 is 0. The highest BCUT2D eigenvalue weighted by Crippen LogP contribution is 2.28. The zero-order valence-corrected chi connectivity index (χ0v) is 11.7. The van der Waals surface area contributed by atoms with Gasteiger partial charge in [0.15, 0.2) is 0 Å². The van der Waals surface area contributed by atoms with Gasteiger partial charge in [0.1, 0.15) is 5.82 Å². The van der Waals surface area contributed by atoms with Crippen LogP contribution in [0.2, 0.25) is 0 Å². The molecule has 1 aliphatic carbocycles. The van der Waals surface area contributed by atoms with Gasteiger partial charge in [0.05, 0.1) is 0 Å². The number of rotatable bonds is 4. The number of aryl methyl sites for hydroxylation is 1. The summed E-state index contributed by atoms with van der Waals surface area (Å²) in [6.45, 7) is 5.87. The minimum Gasteiger partial charge on any atom is -0.354 e. The van der Waals surface area contributed by atoms with E-state index in [9.17, 15) is 0 Å². The maximum Gasteiger partial charge on any atom is 0.133 e. The van der Waals surface area contributed by atoms with Crippen molar-refractivity contribution in [2.75, 3.05) is 11.4 Å². The third-order valence-corrected chi connectivity index (χ3v) is 3.94. The highest BCUT2D eigenvalue weighted by molar-refractivity contribution is 5.48. The average molecular weight is 247 g/mol. The molecule has 0 radical (unpaired) electrons. The fourth-order valence-electron chi connectivity index (χ4n) is 2.95. The summed E-state index contributed by atoms with van der Waals surface area (Å²) in [6, 6.07) is 4.84. The molecule has 0 aromatic carbocycles. The second-order valence-corrected chi connectivity index (χ2v) is 5.22. The van der Waals surface area contributed by atoms with E-state index >= 15 is 0 Å². The van der Waals surface area contributed by atoms with E-state index in [1.807, 2.05) is 0 Å². The summed E-state index contributed by atoms with van der Waals surface area (Å²) in [5, 5.41) is 0. The van der Waals surface area contributed by atoms with E-state index in [0.29, 0.717) is 12.6 Å². The van der Waals surface area contributed by atoms with Crippen molar-refractivity contribution < 1.29 is 0 Å². The molecule has 1 fully saturated rings. The molecule has 0 spiro atoms. The molecule has 0 unspecified atom stereocenters. The predicted octanol–water partition coefficient (Wildman–Crippen LogP) is 3.01. The summed E-state index contributed by atoms with van der Waals surface area (Å²) < 4.78 is 0. The van der Waals surface area contributed by atoms with Crippen LogP contribution in [0.15, 0.2) is 12.1 Å². The van der Waals surface area contributed by atoms with Gasteiger partial charge in [0.25, 0.3) is 0 Å². The van der Waals surface area contributed by atoms with Crippen LogP contribution in [0.25, 0.3) is 0 Å². The number of pyridine rings is 1. The fourth-order valence-corrected chi connectivity index (χ4v) is 2.95. The van der Waals surface area contributed by atoms with Gasteiger partial charge in [-0.25, -0.2) is 4.98 Å². The second kappa shape index (κ2) is 6.19. The van der Waals surface area contributed by atoms with Crippen LogP contribution in [0.3, 0.4) is 0 Å². The smallest absolute Gasteiger partial charge is 0.133 e. The minimum atomic E-state index is 0.575. The maximum absolute atomic E-state index is 5.86. The molecule has 1 aliphatic rings. The summed E-state index contributed by atoms with van der Waals surface area (Å²) in [6.07, 6.45) is 6.69. The molecule has 0 atom stereocenters. The van der Waals surface area contributed by atoms with Crippen LogP contribution < -0.4 is 10.6 Å². The molecule has 0 bridgehead atoms. The van der Waals surface area contributed by atoms with Crippen LogP contribution in [0.1, 0.15) is 50.3 Å². The second-order valence-electron chi connectivity index (χ2n) is 5.22. The first-order chi connectivity index (χ1) is 8.76. The Hall–Kier alpha value is -1.09. The largest absolute Gasteiger partial charge is 0.354 e. The lowest BCUT2D eigenvalue weighted by atomic mass is 9.94. The van der Waals surface area contributed by atoms with E-state index in [2.05, 4.69) is 30.9 Å². The van der Waals surface area contributed by atoms with Gasteiger partial charge in [-0.05, 0) is 32.8 Å². The van der Waals surface area contributed by atoms with E-state index in [1.165, 1.54) is 37.7 Å². The van der Waals surface area contributed by atoms with Crippen molar-refractivity contribution in [2.45, 2.75) is 58.5 Å². The zero-order valence-electron chi connectivity index (χ0n) is 11.7. The first kappa shape index (κ1) is 13.3. The van der Waals surface area contributed by atoms with Crippen LogP contribution in [-0.2, 0) is 6.54 Å². The molecule has 1 saturated carbocycles. The van der Waals surface area contributed by atoms with Gasteiger partial charge in [-0.2, -0.15) is 0 Å². The summed E-state index contributed by atoms with van der Waals surface area (Å²) in [7, 11) is 0. The highest BCUT2D eigenvalue weighted by atomic mass is 15.2. The molecule has 1 aromatic rings. The van der Waals surface area contributed by atoms with E-state index in [1.54, 1.807) is 0 Å². The molecular formula is C15H25N3.